The summed E-state index contributed by atoms with van der Waals surface area (Å²) in [4.78, 5) is 0. The van der Waals surface area contributed by atoms with Crippen molar-refractivity contribution in [2.45, 2.75) is 38.6 Å². The maximum Gasteiger partial charge on any atom is 0.0482 e. The molecule has 3 rings (SSSR count). The number of hydrogen-bond acceptors (Lipinski definition) is 1. The Hall–Kier alpha value is -1.28. The molecule has 2 aromatic rings. The predicted molar refractivity (Wildman–Crippen MR) is 77.0 cm³/mol. The molecule has 1 aromatic carbocycles. The van der Waals surface area contributed by atoms with E-state index < -0.39 is 0 Å². The summed E-state index contributed by atoms with van der Waals surface area (Å²) in [5.74, 6) is 0. The first-order valence-corrected chi connectivity index (χ1v) is 7.03. The molecule has 18 heavy (non-hydrogen) atoms. The van der Waals surface area contributed by atoms with Crippen LogP contribution < -0.4 is 5.32 Å². The van der Waals surface area contributed by atoms with Crippen LogP contribution in [-0.4, -0.2) is 17.2 Å². The molecule has 1 saturated heterocycles. The first-order valence-electron chi connectivity index (χ1n) is 7.03. The topological polar surface area (TPSA) is 17.0 Å². The Labute approximate surface area is 109 Å². The van der Waals surface area contributed by atoms with Crippen LogP contribution in [-0.2, 0) is 13.5 Å². The van der Waals surface area contributed by atoms with Gasteiger partial charge in [-0.3, -0.25) is 0 Å². The summed E-state index contributed by atoms with van der Waals surface area (Å²) in [5, 5.41) is 5.09. The Balaban J connectivity index is 1.97. The van der Waals surface area contributed by atoms with Crippen LogP contribution in [0.3, 0.4) is 0 Å². The quantitative estimate of drug-likeness (QED) is 0.856. The highest BCUT2D eigenvalue weighted by molar-refractivity contribution is 5.85. The summed E-state index contributed by atoms with van der Waals surface area (Å²) < 4.78 is 2.33. The molecule has 0 bridgehead atoms. The first kappa shape index (κ1) is 11.8. The Bertz CT molecular complexity index is 547. The van der Waals surface area contributed by atoms with Crippen molar-refractivity contribution in [1.82, 2.24) is 9.88 Å². The van der Waals surface area contributed by atoms with Gasteiger partial charge in [0.05, 0.1) is 0 Å². The lowest BCUT2D eigenvalue weighted by molar-refractivity contribution is 0.399. The number of para-hydroxylation sites is 1. The van der Waals surface area contributed by atoms with Crippen molar-refractivity contribution in [1.29, 1.82) is 0 Å². The van der Waals surface area contributed by atoms with Gasteiger partial charge in [0.1, 0.15) is 0 Å². The third kappa shape index (κ3) is 1.95. The van der Waals surface area contributed by atoms with Gasteiger partial charge in [0.25, 0.3) is 0 Å². The first-order chi connectivity index (χ1) is 8.77. The minimum Gasteiger partial charge on any atom is -0.348 e. The van der Waals surface area contributed by atoms with Crippen molar-refractivity contribution in [3.05, 3.63) is 35.5 Å². The molecule has 96 valence electrons. The molecule has 0 spiro atoms. The van der Waals surface area contributed by atoms with Gasteiger partial charge in [-0.2, -0.15) is 0 Å². The van der Waals surface area contributed by atoms with E-state index in [1.165, 1.54) is 54.4 Å². The number of aryl methyl sites for hydroxylation is 1. The molecule has 2 nitrogen and oxygen atoms in total. The van der Waals surface area contributed by atoms with Crippen molar-refractivity contribution in [3.63, 3.8) is 0 Å². The Morgan fingerprint density at radius 2 is 2.11 bits per heavy atom. The van der Waals surface area contributed by atoms with E-state index in [1.54, 1.807) is 0 Å². The van der Waals surface area contributed by atoms with Crippen LogP contribution in [0.2, 0.25) is 0 Å². The molecule has 0 aliphatic carbocycles. The van der Waals surface area contributed by atoms with E-state index in [0.717, 1.165) is 0 Å². The van der Waals surface area contributed by atoms with Gasteiger partial charge in [-0.05, 0) is 44.4 Å². The molecular weight excluding hydrogens is 220 g/mol. The summed E-state index contributed by atoms with van der Waals surface area (Å²) in [6, 6.07) is 9.44. The highest BCUT2D eigenvalue weighted by Gasteiger charge is 2.18. The van der Waals surface area contributed by atoms with Crippen LogP contribution in [0.25, 0.3) is 10.9 Å². The van der Waals surface area contributed by atoms with Crippen LogP contribution in [0, 0.1) is 6.92 Å². The monoisotopic (exact) mass is 242 g/mol. The average Bonchev–Trinajstić information content (AvgIpc) is 2.66. The molecule has 0 radical (unpaired) electrons. The molecule has 1 aromatic heterocycles. The second kappa shape index (κ2) is 4.77. The highest BCUT2D eigenvalue weighted by atomic mass is 15.0. The largest absolute Gasteiger partial charge is 0.348 e. The van der Waals surface area contributed by atoms with Crippen LogP contribution >= 0.6 is 0 Å². The molecule has 2 heterocycles. The maximum absolute atomic E-state index is 3.66. The second-order valence-corrected chi connectivity index (χ2v) is 5.49. The Kier molecular flexibility index (Phi) is 3.13. The lowest BCUT2D eigenvalue weighted by Crippen LogP contribution is -2.35. The smallest absolute Gasteiger partial charge is 0.0482 e. The van der Waals surface area contributed by atoms with E-state index in [9.17, 15) is 0 Å². The third-order valence-electron chi connectivity index (χ3n) is 4.39. The molecule has 1 fully saturated rings. The molecule has 1 aliphatic heterocycles. The molecule has 1 N–H and O–H groups in total. The molecule has 0 saturated carbocycles. The standard InChI is InChI=1S/C16H22N2/c1-12-15(11-13-7-5-6-10-17-13)14-8-3-4-9-16(14)18(12)2/h3-4,8-9,13,17H,5-7,10-11H2,1-2H3. The number of fused-ring (bicyclic) bond motifs is 1. The van der Waals surface area contributed by atoms with Gasteiger partial charge in [0.15, 0.2) is 0 Å². The number of rotatable bonds is 2. The Morgan fingerprint density at radius 1 is 1.28 bits per heavy atom. The van der Waals surface area contributed by atoms with E-state index in [-0.39, 0.29) is 0 Å². The van der Waals surface area contributed by atoms with E-state index in [0.29, 0.717) is 6.04 Å². The summed E-state index contributed by atoms with van der Waals surface area (Å²) in [7, 11) is 2.18. The summed E-state index contributed by atoms with van der Waals surface area (Å²) in [5.41, 5.74) is 4.32. The number of nitrogens with zero attached hydrogens (tertiary/aromatic N) is 1. The third-order valence-corrected chi connectivity index (χ3v) is 4.39. The Morgan fingerprint density at radius 3 is 2.89 bits per heavy atom. The summed E-state index contributed by atoms with van der Waals surface area (Å²) >= 11 is 0. The fourth-order valence-corrected chi connectivity index (χ4v) is 3.20. The average molecular weight is 242 g/mol. The van der Waals surface area contributed by atoms with Gasteiger partial charge in [-0.15, -0.1) is 0 Å². The minimum absolute atomic E-state index is 0.670. The highest BCUT2D eigenvalue weighted by Crippen LogP contribution is 2.27. The lowest BCUT2D eigenvalue weighted by Gasteiger charge is -2.23. The molecule has 0 amide bonds. The van der Waals surface area contributed by atoms with Crippen molar-refractivity contribution >= 4 is 10.9 Å². The van der Waals surface area contributed by atoms with E-state index >= 15 is 0 Å². The van der Waals surface area contributed by atoms with Gasteiger partial charge in [0, 0.05) is 29.7 Å². The van der Waals surface area contributed by atoms with E-state index in [2.05, 4.69) is 48.1 Å². The second-order valence-electron chi connectivity index (χ2n) is 5.49. The molecule has 1 aliphatic rings. The SMILES string of the molecule is Cc1c(CC2CCCCN2)c2ccccc2n1C. The van der Waals surface area contributed by atoms with Gasteiger partial charge in [0.2, 0.25) is 0 Å². The minimum atomic E-state index is 0.670. The lowest BCUT2D eigenvalue weighted by atomic mass is 9.96. The van der Waals surface area contributed by atoms with Crippen molar-refractivity contribution in [3.8, 4) is 0 Å². The van der Waals surface area contributed by atoms with E-state index in [1.807, 2.05) is 0 Å². The van der Waals surface area contributed by atoms with Gasteiger partial charge in [-0.1, -0.05) is 24.6 Å². The van der Waals surface area contributed by atoms with Crippen molar-refractivity contribution < 1.29 is 0 Å². The number of aromatic nitrogens is 1. The van der Waals surface area contributed by atoms with Gasteiger partial charge >= 0.3 is 0 Å². The van der Waals surface area contributed by atoms with E-state index in [4.69, 9.17) is 0 Å². The number of nitrogens with one attached hydrogen (secondary N) is 1. The number of hydrogen-bond donors (Lipinski definition) is 1. The zero-order chi connectivity index (χ0) is 12.5. The van der Waals surface area contributed by atoms with Gasteiger partial charge < -0.3 is 9.88 Å². The van der Waals surface area contributed by atoms with Crippen molar-refractivity contribution in [2.24, 2.45) is 7.05 Å². The molecular formula is C16H22N2. The van der Waals surface area contributed by atoms with Crippen LogP contribution in [0.4, 0.5) is 0 Å². The number of benzene rings is 1. The molecule has 2 heteroatoms. The maximum atomic E-state index is 3.66. The van der Waals surface area contributed by atoms with Crippen LogP contribution in [0.15, 0.2) is 24.3 Å². The van der Waals surface area contributed by atoms with Gasteiger partial charge in [-0.25, -0.2) is 0 Å². The predicted octanol–water partition coefficient (Wildman–Crippen LogP) is 3.17. The summed E-state index contributed by atoms with van der Waals surface area (Å²) in [6.07, 6.45) is 5.21. The normalized spacial score (nSPS) is 20.4. The molecule has 1 atom stereocenters. The zero-order valence-electron chi connectivity index (χ0n) is 11.4. The fraction of sp³-hybridized carbons (Fsp3) is 0.500. The zero-order valence-corrected chi connectivity index (χ0v) is 11.4. The summed E-state index contributed by atoms with van der Waals surface area (Å²) in [6.45, 7) is 3.44. The van der Waals surface area contributed by atoms with Crippen LogP contribution in [0.5, 0.6) is 0 Å². The molecule has 1 unspecified atom stereocenters. The fourth-order valence-electron chi connectivity index (χ4n) is 3.20. The number of piperidine rings is 1. The van der Waals surface area contributed by atoms with Crippen molar-refractivity contribution in [2.75, 3.05) is 6.54 Å². The van der Waals surface area contributed by atoms with Crippen LogP contribution in [0.1, 0.15) is 30.5 Å².